The lowest BCUT2D eigenvalue weighted by atomic mass is 10.1. The minimum Gasteiger partial charge on any atom is -0.497 e. The number of carbonyl (C=O) groups is 2. The molecule has 3 rings (SSSR count). The largest absolute Gasteiger partial charge is 0.497 e. The molecule has 2 amide bonds. The van der Waals surface area contributed by atoms with Crippen molar-refractivity contribution in [1.29, 1.82) is 0 Å². The fraction of sp³-hybridized carbons (Fsp3) is 0.333. The van der Waals surface area contributed by atoms with Gasteiger partial charge < -0.3 is 14.5 Å². The summed E-state index contributed by atoms with van der Waals surface area (Å²) in [5, 5.41) is 0. The van der Waals surface area contributed by atoms with Gasteiger partial charge in [-0.25, -0.2) is 4.98 Å². The zero-order chi connectivity index (χ0) is 18.0. The van der Waals surface area contributed by atoms with Crippen LogP contribution in [0.1, 0.15) is 23.1 Å². The molecule has 1 unspecified atom stereocenters. The number of amides is 2. The summed E-state index contributed by atoms with van der Waals surface area (Å²) in [6, 6.07) is 6.74. The standard InChI is InChI=1S/C18H20N4O3/c1-12-10-20-16(11-19-12)18(24)21-8-9-22(17(23)13(21)2)14-4-6-15(25-3)7-5-14/h4-7,10-11,13H,8-9H2,1-3H3. The van der Waals surface area contributed by atoms with E-state index in [-0.39, 0.29) is 17.5 Å². The maximum absolute atomic E-state index is 12.7. The van der Waals surface area contributed by atoms with Crippen LogP contribution in [-0.2, 0) is 4.79 Å². The zero-order valence-corrected chi connectivity index (χ0v) is 14.5. The smallest absolute Gasteiger partial charge is 0.274 e. The molecule has 1 aliphatic rings. The second kappa shape index (κ2) is 6.88. The van der Waals surface area contributed by atoms with Gasteiger partial charge in [0.2, 0.25) is 5.91 Å². The van der Waals surface area contributed by atoms with Crippen LogP contribution in [0.5, 0.6) is 5.75 Å². The second-order valence-corrected chi connectivity index (χ2v) is 5.91. The van der Waals surface area contributed by atoms with Crippen LogP contribution >= 0.6 is 0 Å². The average molecular weight is 340 g/mol. The molecule has 1 aliphatic heterocycles. The first-order valence-corrected chi connectivity index (χ1v) is 8.06. The third kappa shape index (κ3) is 3.31. The predicted molar refractivity (Wildman–Crippen MR) is 92.6 cm³/mol. The molecule has 1 fully saturated rings. The fourth-order valence-corrected chi connectivity index (χ4v) is 2.82. The molecule has 1 aromatic carbocycles. The van der Waals surface area contributed by atoms with E-state index < -0.39 is 6.04 Å². The Balaban J connectivity index is 1.76. The Labute approximate surface area is 146 Å². The van der Waals surface area contributed by atoms with E-state index in [4.69, 9.17) is 4.74 Å². The third-order valence-corrected chi connectivity index (χ3v) is 4.30. The molecular formula is C18H20N4O3. The highest BCUT2D eigenvalue weighted by Crippen LogP contribution is 2.23. The molecule has 130 valence electrons. The number of aromatic nitrogens is 2. The van der Waals surface area contributed by atoms with Gasteiger partial charge in [0.05, 0.1) is 19.0 Å². The first-order chi connectivity index (χ1) is 12.0. The maximum Gasteiger partial charge on any atom is 0.274 e. The number of methoxy groups -OCH3 is 1. The number of aryl methyl sites for hydroxylation is 1. The molecular weight excluding hydrogens is 320 g/mol. The molecule has 0 spiro atoms. The molecule has 2 heterocycles. The van der Waals surface area contributed by atoms with Gasteiger partial charge in [-0.1, -0.05) is 0 Å². The summed E-state index contributed by atoms with van der Waals surface area (Å²) in [5.41, 5.74) is 1.79. The number of piperazine rings is 1. The van der Waals surface area contributed by atoms with Crippen molar-refractivity contribution in [3.05, 3.63) is 48.0 Å². The number of nitrogens with zero attached hydrogens (tertiary/aromatic N) is 4. The van der Waals surface area contributed by atoms with Crippen molar-refractivity contribution >= 4 is 17.5 Å². The molecule has 0 N–H and O–H groups in total. The highest BCUT2D eigenvalue weighted by molar-refractivity contribution is 6.02. The van der Waals surface area contributed by atoms with Gasteiger partial charge in [-0.2, -0.15) is 0 Å². The molecule has 0 radical (unpaired) electrons. The number of hydrogen-bond acceptors (Lipinski definition) is 5. The van der Waals surface area contributed by atoms with E-state index in [1.165, 1.54) is 6.20 Å². The molecule has 1 atom stereocenters. The number of carbonyl (C=O) groups excluding carboxylic acids is 2. The number of benzene rings is 1. The molecule has 7 heteroatoms. The summed E-state index contributed by atoms with van der Waals surface area (Å²) in [6.07, 6.45) is 3.00. The zero-order valence-electron chi connectivity index (χ0n) is 14.5. The van der Waals surface area contributed by atoms with E-state index in [1.54, 1.807) is 37.0 Å². The number of ether oxygens (including phenoxy) is 1. The van der Waals surface area contributed by atoms with Crippen LogP contribution in [0, 0.1) is 6.92 Å². The molecule has 0 saturated carbocycles. The van der Waals surface area contributed by atoms with E-state index in [1.807, 2.05) is 24.3 Å². The third-order valence-electron chi connectivity index (χ3n) is 4.30. The molecule has 0 bridgehead atoms. The Morgan fingerprint density at radius 1 is 1.16 bits per heavy atom. The number of anilines is 1. The SMILES string of the molecule is COc1ccc(N2CCN(C(=O)c3cnc(C)cn3)C(C)C2=O)cc1. The van der Waals surface area contributed by atoms with Crippen LogP contribution in [0.25, 0.3) is 0 Å². The van der Waals surface area contributed by atoms with Crippen molar-refractivity contribution < 1.29 is 14.3 Å². The summed E-state index contributed by atoms with van der Waals surface area (Å²) < 4.78 is 5.14. The molecule has 0 aliphatic carbocycles. The highest BCUT2D eigenvalue weighted by Gasteiger charge is 2.35. The van der Waals surface area contributed by atoms with Crippen molar-refractivity contribution in [3.63, 3.8) is 0 Å². The molecule has 1 aromatic heterocycles. The fourth-order valence-electron chi connectivity index (χ4n) is 2.82. The van der Waals surface area contributed by atoms with E-state index in [0.29, 0.717) is 13.1 Å². The van der Waals surface area contributed by atoms with Gasteiger partial charge >= 0.3 is 0 Å². The molecule has 25 heavy (non-hydrogen) atoms. The number of rotatable bonds is 3. The molecule has 1 saturated heterocycles. The molecule has 7 nitrogen and oxygen atoms in total. The Morgan fingerprint density at radius 2 is 1.88 bits per heavy atom. The monoisotopic (exact) mass is 340 g/mol. The van der Waals surface area contributed by atoms with E-state index in [9.17, 15) is 9.59 Å². The van der Waals surface area contributed by atoms with E-state index in [0.717, 1.165) is 17.1 Å². The first kappa shape index (κ1) is 16.9. The summed E-state index contributed by atoms with van der Waals surface area (Å²) >= 11 is 0. The van der Waals surface area contributed by atoms with Crippen LogP contribution in [0.3, 0.4) is 0 Å². The predicted octanol–water partition coefficient (Wildman–Crippen LogP) is 1.67. The average Bonchev–Trinajstić information content (AvgIpc) is 2.64. The Bertz CT molecular complexity index is 774. The quantitative estimate of drug-likeness (QED) is 0.849. The summed E-state index contributed by atoms with van der Waals surface area (Å²) in [5.74, 6) is 0.337. The minimum atomic E-state index is -0.563. The van der Waals surface area contributed by atoms with Gasteiger partial charge in [-0.05, 0) is 38.1 Å². The van der Waals surface area contributed by atoms with Crippen LogP contribution in [0.2, 0.25) is 0 Å². The Morgan fingerprint density at radius 3 is 2.48 bits per heavy atom. The van der Waals surface area contributed by atoms with E-state index >= 15 is 0 Å². The van der Waals surface area contributed by atoms with Crippen LogP contribution in [-0.4, -0.2) is 52.9 Å². The number of hydrogen-bond donors (Lipinski definition) is 0. The lowest BCUT2D eigenvalue weighted by molar-refractivity contribution is -0.124. The topological polar surface area (TPSA) is 75.6 Å². The lowest BCUT2D eigenvalue weighted by Crippen LogP contribution is -2.57. The minimum absolute atomic E-state index is 0.121. The molecule has 2 aromatic rings. The summed E-state index contributed by atoms with van der Waals surface area (Å²) in [7, 11) is 1.60. The Kier molecular flexibility index (Phi) is 4.65. The van der Waals surface area contributed by atoms with Gasteiger partial charge in [-0.3, -0.25) is 14.6 Å². The second-order valence-electron chi connectivity index (χ2n) is 5.91. The first-order valence-electron chi connectivity index (χ1n) is 8.06. The van der Waals surface area contributed by atoms with Crippen LogP contribution in [0.4, 0.5) is 5.69 Å². The normalized spacial score (nSPS) is 17.6. The van der Waals surface area contributed by atoms with Crippen molar-refractivity contribution in [2.75, 3.05) is 25.1 Å². The maximum atomic E-state index is 12.7. The van der Waals surface area contributed by atoms with Crippen molar-refractivity contribution in [2.24, 2.45) is 0 Å². The summed E-state index contributed by atoms with van der Waals surface area (Å²) in [6.45, 7) is 4.41. The van der Waals surface area contributed by atoms with Crippen molar-refractivity contribution in [3.8, 4) is 5.75 Å². The van der Waals surface area contributed by atoms with Gasteiger partial charge in [-0.15, -0.1) is 0 Å². The Hall–Kier alpha value is -2.96. The van der Waals surface area contributed by atoms with E-state index in [2.05, 4.69) is 9.97 Å². The van der Waals surface area contributed by atoms with Gasteiger partial charge in [0, 0.05) is 25.0 Å². The van der Waals surface area contributed by atoms with Crippen molar-refractivity contribution in [1.82, 2.24) is 14.9 Å². The highest BCUT2D eigenvalue weighted by atomic mass is 16.5. The van der Waals surface area contributed by atoms with Crippen LogP contribution in [0.15, 0.2) is 36.7 Å². The van der Waals surface area contributed by atoms with Gasteiger partial charge in [0.25, 0.3) is 5.91 Å². The lowest BCUT2D eigenvalue weighted by Gasteiger charge is -2.38. The van der Waals surface area contributed by atoms with Crippen LogP contribution < -0.4 is 9.64 Å². The summed E-state index contributed by atoms with van der Waals surface area (Å²) in [4.78, 5) is 36.8. The van der Waals surface area contributed by atoms with Gasteiger partial charge in [0.15, 0.2) is 0 Å². The van der Waals surface area contributed by atoms with Crippen molar-refractivity contribution in [2.45, 2.75) is 19.9 Å². The van der Waals surface area contributed by atoms with Gasteiger partial charge in [0.1, 0.15) is 17.5 Å².